The molecule has 110 valence electrons. The molecule has 3 aliphatic heterocycles. The lowest BCUT2D eigenvalue weighted by Crippen LogP contribution is -2.53. The fourth-order valence-electron chi connectivity index (χ4n) is 4.60. The van der Waals surface area contributed by atoms with Gasteiger partial charge in [0, 0.05) is 18.6 Å². The largest absolute Gasteiger partial charge is 0.395 e. The SMILES string of the molecule is OC[C@@H]1CCCCN1C[C@@H]1CCCN2CCCC[C@H]12. The Labute approximate surface area is 118 Å². The minimum Gasteiger partial charge on any atom is -0.395 e. The van der Waals surface area contributed by atoms with Crippen LogP contribution in [0, 0.1) is 5.92 Å². The van der Waals surface area contributed by atoms with E-state index in [4.69, 9.17) is 0 Å². The van der Waals surface area contributed by atoms with Crippen LogP contribution in [0.5, 0.6) is 0 Å². The number of piperidine rings is 3. The number of nitrogens with zero attached hydrogens (tertiary/aromatic N) is 2. The van der Waals surface area contributed by atoms with Crippen molar-refractivity contribution in [3.8, 4) is 0 Å². The van der Waals surface area contributed by atoms with E-state index in [2.05, 4.69) is 9.80 Å². The molecule has 0 aromatic carbocycles. The Hall–Kier alpha value is -0.120. The van der Waals surface area contributed by atoms with Crippen molar-refractivity contribution in [2.24, 2.45) is 5.92 Å². The number of likely N-dealkylation sites (tertiary alicyclic amines) is 1. The molecule has 3 fully saturated rings. The smallest absolute Gasteiger partial charge is 0.0586 e. The monoisotopic (exact) mass is 266 g/mol. The van der Waals surface area contributed by atoms with Crippen molar-refractivity contribution in [2.75, 3.05) is 32.8 Å². The van der Waals surface area contributed by atoms with E-state index < -0.39 is 0 Å². The Morgan fingerprint density at radius 2 is 1.63 bits per heavy atom. The summed E-state index contributed by atoms with van der Waals surface area (Å²) >= 11 is 0. The second kappa shape index (κ2) is 6.55. The van der Waals surface area contributed by atoms with Crippen LogP contribution in [0.15, 0.2) is 0 Å². The highest BCUT2D eigenvalue weighted by Crippen LogP contribution is 2.32. The fourth-order valence-corrected chi connectivity index (χ4v) is 4.60. The summed E-state index contributed by atoms with van der Waals surface area (Å²) in [6, 6.07) is 1.30. The van der Waals surface area contributed by atoms with Crippen molar-refractivity contribution >= 4 is 0 Å². The molecular weight excluding hydrogens is 236 g/mol. The third-order valence-electron chi connectivity index (χ3n) is 5.66. The zero-order valence-corrected chi connectivity index (χ0v) is 12.3. The maximum Gasteiger partial charge on any atom is 0.0586 e. The maximum atomic E-state index is 9.57. The van der Waals surface area contributed by atoms with Gasteiger partial charge in [-0.15, -0.1) is 0 Å². The summed E-state index contributed by atoms with van der Waals surface area (Å²) in [5.74, 6) is 0.862. The topological polar surface area (TPSA) is 26.7 Å². The molecule has 0 saturated carbocycles. The molecule has 3 aliphatic rings. The molecule has 0 aliphatic carbocycles. The summed E-state index contributed by atoms with van der Waals surface area (Å²) in [5.41, 5.74) is 0. The molecule has 3 rings (SSSR count). The molecule has 0 bridgehead atoms. The van der Waals surface area contributed by atoms with E-state index in [1.807, 2.05) is 0 Å². The molecule has 0 radical (unpaired) electrons. The molecule has 3 heterocycles. The quantitative estimate of drug-likeness (QED) is 0.847. The third kappa shape index (κ3) is 3.14. The van der Waals surface area contributed by atoms with E-state index in [-0.39, 0.29) is 0 Å². The first kappa shape index (κ1) is 13.8. The molecule has 3 heteroatoms. The van der Waals surface area contributed by atoms with Crippen LogP contribution in [0.25, 0.3) is 0 Å². The first-order valence-electron chi connectivity index (χ1n) is 8.47. The van der Waals surface area contributed by atoms with Crippen molar-refractivity contribution in [3.63, 3.8) is 0 Å². The lowest BCUT2D eigenvalue weighted by atomic mass is 9.82. The van der Waals surface area contributed by atoms with Gasteiger partial charge in [-0.2, -0.15) is 0 Å². The van der Waals surface area contributed by atoms with Gasteiger partial charge in [-0.1, -0.05) is 12.8 Å². The van der Waals surface area contributed by atoms with Gasteiger partial charge in [-0.25, -0.2) is 0 Å². The van der Waals surface area contributed by atoms with Crippen LogP contribution >= 0.6 is 0 Å². The number of aliphatic hydroxyl groups is 1. The van der Waals surface area contributed by atoms with Crippen molar-refractivity contribution < 1.29 is 5.11 Å². The molecule has 3 nitrogen and oxygen atoms in total. The van der Waals surface area contributed by atoms with E-state index in [1.54, 1.807) is 0 Å². The van der Waals surface area contributed by atoms with E-state index >= 15 is 0 Å². The summed E-state index contributed by atoms with van der Waals surface area (Å²) in [5, 5.41) is 9.57. The molecule has 1 N–H and O–H groups in total. The molecule has 3 saturated heterocycles. The van der Waals surface area contributed by atoms with E-state index in [0.717, 1.165) is 12.0 Å². The van der Waals surface area contributed by atoms with Crippen LogP contribution in [0.2, 0.25) is 0 Å². The lowest BCUT2D eigenvalue weighted by Gasteiger charge is -2.47. The minimum atomic E-state index is 0.362. The first-order chi connectivity index (χ1) is 9.38. The Balaban J connectivity index is 1.60. The average Bonchev–Trinajstić information content (AvgIpc) is 2.48. The number of aliphatic hydroxyl groups excluding tert-OH is 1. The lowest BCUT2D eigenvalue weighted by molar-refractivity contribution is 0.0140. The summed E-state index contributed by atoms with van der Waals surface area (Å²) in [4.78, 5) is 5.36. The van der Waals surface area contributed by atoms with Crippen LogP contribution in [0.1, 0.15) is 51.4 Å². The predicted octanol–water partition coefficient (Wildman–Crippen LogP) is 2.10. The Kier molecular flexibility index (Phi) is 4.78. The Bertz CT molecular complexity index is 282. The van der Waals surface area contributed by atoms with Gasteiger partial charge < -0.3 is 10.0 Å². The second-order valence-electron chi connectivity index (χ2n) is 6.83. The first-order valence-corrected chi connectivity index (χ1v) is 8.47. The fraction of sp³-hybridized carbons (Fsp3) is 1.00. The third-order valence-corrected chi connectivity index (χ3v) is 5.66. The summed E-state index contributed by atoms with van der Waals surface area (Å²) in [7, 11) is 0. The van der Waals surface area contributed by atoms with Crippen LogP contribution < -0.4 is 0 Å². The summed E-state index contributed by atoms with van der Waals surface area (Å²) in [6.07, 6.45) is 10.9. The second-order valence-corrected chi connectivity index (χ2v) is 6.83. The molecule has 3 atom stereocenters. The minimum absolute atomic E-state index is 0.362. The van der Waals surface area contributed by atoms with Gasteiger partial charge in [0.2, 0.25) is 0 Å². The highest BCUT2D eigenvalue weighted by atomic mass is 16.3. The Morgan fingerprint density at radius 1 is 0.842 bits per heavy atom. The van der Waals surface area contributed by atoms with Gasteiger partial charge in [0.05, 0.1) is 6.61 Å². The van der Waals surface area contributed by atoms with E-state index in [0.29, 0.717) is 12.6 Å². The zero-order chi connectivity index (χ0) is 13.1. The molecular formula is C16H30N2O. The van der Waals surface area contributed by atoms with Crippen LogP contribution in [-0.4, -0.2) is 59.8 Å². The summed E-state index contributed by atoms with van der Waals surface area (Å²) < 4.78 is 0. The molecule has 0 amide bonds. The van der Waals surface area contributed by atoms with Crippen LogP contribution in [0.4, 0.5) is 0 Å². The van der Waals surface area contributed by atoms with Gasteiger partial charge in [0.25, 0.3) is 0 Å². The molecule has 0 unspecified atom stereocenters. The number of rotatable bonds is 3. The highest BCUT2D eigenvalue weighted by Gasteiger charge is 2.35. The van der Waals surface area contributed by atoms with Gasteiger partial charge in [0.1, 0.15) is 0 Å². The van der Waals surface area contributed by atoms with Crippen LogP contribution in [-0.2, 0) is 0 Å². The standard InChI is InChI=1S/C16H30N2O/c19-13-15-7-1-3-10-18(15)12-14-6-5-11-17-9-4-2-8-16(14)17/h14-16,19H,1-13H2/t14-,15-,16+/m0/s1. The average molecular weight is 266 g/mol. The summed E-state index contributed by atoms with van der Waals surface area (Å²) in [6.45, 7) is 5.50. The molecule has 0 aromatic heterocycles. The van der Waals surface area contributed by atoms with E-state index in [9.17, 15) is 5.11 Å². The number of hydrogen-bond acceptors (Lipinski definition) is 3. The van der Waals surface area contributed by atoms with Crippen LogP contribution in [0.3, 0.4) is 0 Å². The van der Waals surface area contributed by atoms with Crippen molar-refractivity contribution in [2.45, 2.75) is 63.5 Å². The number of hydrogen-bond donors (Lipinski definition) is 1. The van der Waals surface area contributed by atoms with Crippen molar-refractivity contribution in [1.82, 2.24) is 9.80 Å². The molecule has 19 heavy (non-hydrogen) atoms. The van der Waals surface area contributed by atoms with Gasteiger partial charge in [-0.05, 0) is 64.1 Å². The normalized spacial score (nSPS) is 38.1. The molecule has 0 spiro atoms. The predicted molar refractivity (Wildman–Crippen MR) is 78.2 cm³/mol. The Morgan fingerprint density at radius 3 is 2.53 bits per heavy atom. The van der Waals surface area contributed by atoms with E-state index in [1.165, 1.54) is 77.5 Å². The van der Waals surface area contributed by atoms with Crippen molar-refractivity contribution in [3.05, 3.63) is 0 Å². The zero-order valence-electron chi connectivity index (χ0n) is 12.3. The maximum absolute atomic E-state index is 9.57. The van der Waals surface area contributed by atoms with Gasteiger partial charge in [0.15, 0.2) is 0 Å². The molecule has 0 aromatic rings. The van der Waals surface area contributed by atoms with Gasteiger partial charge in [-0.3, -0.25) is 4.90 Å². The number of fused-ring (bicyclic) bond motifs is 1. The highest BCUT2D eigenvalue weighted by molar-refractivity contribution is 4.90. The van der Waals surface area contributed by atoms with Gasteiger partial charge >= 0.3 is 0 Å². The van der Waals surface area contributed by atoms with Crippen molar-refractivity contribution in [1.29, 1.82) is 0 Å².